The van der Waals surface area contributed by atoms with Crippen LogP contribution in [0.15, 0.2) is 36.7 Å². The molecule has 3 aromatic rings. The molecule has 0 saturated carbocycles. The molecule has 5 heterocycles. The lowest BCUT2D eigenvalue weighted by Crippen LogP contribution is -2.51. The molecule has 0 amide bonds. The van der Waals surface area contributed by atoms with Crippen molar-refractivity contribution in [2.24, 2.45) is 0 Å². The standard InChI is InChI=1S/C26H31N5O2S/c1-33-21-11-23-22(3-2-4-24(23)27-13-21)25(32)15-31-19-5-6-20(31)10-18(9-19)28-16-30-8-7-26-17(14-30)12-29-34-26/h2-4,7,11-14,18-20,25,28,32H,5-6,8-10,15-16H2,1H3. The Kier molecular flexibility index (Phi) is 5.99. The number of hydrogen-bond donors (Lipinski definition) is 2. The van der Waals surface area contributed by atoms with E-state index in [1.165, 1.54) is 22.6 Å². The molecule has 178 valence electrons. The van der Waals surface area contributed by atoms with Crippen LogP contribution in [-0.4, -0.2) is 69.3 Å². The van der Waals surface area contributed by atoms with Gasteiger partial charge in [-0.2, -0.15) is 4.37 Å². The highest BCUT2D eigenvalue weighted by Gasteiger charge is 2.41. The molecule has 3 atom stereocenters. The number of nitrogens with zero attached hydrogens (tertiary/aromatic N) is 4. The Morgan fingerprint density at radius 2 is 2.09 bits per heavy atom. The maximum absolute atomic E-state index is 11.3. The van der Waals surface area contributed by atoms with Gasteiger partial charge in [0.15, 0.2) is 0 Å². The van der Waals surface area contributed by atoms with Crippen LogP contribution in [0.2, 0.25) is 0 Å². The summed E-state index contributed by atoms with van der Waals surface area (Å²) >= 11 is 1.57. The predicted molar refractivity (Wildman–Crippen MR) is 135 cm³/mol. The normalized spacial score (nSPS) is 25.0. The molecular weight excluding hydrogens is 446 g/mol. The number of methoxy groups -OCH3 is 1. The van der Waals surface area contributed by atoms with E-state index in [1.54, 1.807) is 24.8 Å². The molecule has 6 rings (SSSR count). The predicted octanol–water partition coefficient (Wildman–Crippen LogP) is 1.81. The van der Waals surface area contributed by atoms with Crippen molar-refractivity contribution in [3.63, 3.8) is 0 Å². The van der Waals surface area contributed by atoms with Crippen molar-refractivity contribution < 1.29 is 9.84 Å². The summed E-state index contributed by atoms with van der Waals surface area (Å²) in [5, 5.41) is 17.3. The van der Waals surface area contributed by atoms with Crippen LogP contribution in [0.3, 0.4) is 0 Å². The number of rotatable bonds is 7. The largest absolute Gasteiger partial charge is 0.495 e. The van der Waals surface area contributed by atoms with Crippen molar-refractivity contribution in [2.45, 2.75) is 49.9 Å². The first-order chi connectivity index (χ1) is 16.7. The molecule has 3 unspecified atom stereocenters. The molecule has 8 heteroatoms. The van der Waals surface area contributed by atoms with Gasteiger partial charge in [-0.3, -0.25) is 15.2 Å². The summed E-state index contributed by atoms with van der Waals surface area (Å²) in [4.78, 5) is 9.38. The number of nitrogens with one attached hydrogen (secondary N) is 1. The van der Waals surface area contributed by atoms with Gasteiger partial charge in [-0.25, -0.2) is 0 Å². The SMILES string of the molecule is COc1cnc2cccc(C(O)CN3C4CCC3CC(NCN3C=c5cnsc5=CC3)C4)c2c1. The van der Waals surface area contributed by atoms with E-state index >= 15 is 0 Å². The van der Waals surface area contributed by atoms with Gasteiger partial charge in [-0.05, 0) is 61.0 Å². The molecule has 2 fully saturated rings. The van der Waals surface area contributed by atoms with Crippen molar-refractivity contribution >= 4 is 34.7 Å². The molecular formula is C26H31N5O2S. The van der Waals surface area contributed by atoms with E-state index in [0.717, 1.165) is 42.5 Å². The smallest absolute Gasteiger partial charge is 0.137 e. The highest BCUT2D eigenvalue weighted by molar-refractivity contribution is 7.03. The van der Waals surface area contributed by atoms with Crippen molar-refractivity contribution in [1.82, 2.24) is 24.5 Å². The molecule has 2 aromatic heterocycles. The second-order valence-corrected chi connectivity index (χ2v) is 10.5. The first-order valence-electron chi connectivity index (χ1n) is 12.1. The maximum atomic E-state index is 11.3. The van der Waals surface area contributed by atoms with Gasteiger partial charge in [0.25, 0.3) is 0 Å². The highest BCUT2D eigenvalue weighted by atomic mass is 32.1. The molecule has 34 heavy (non-hydrogen) atoms. The fourth-order valence-electron chi connectivity index (χ4n) is 5.91. The van der Waals surface area contributed by atoms with E-state index < -0.39 is 6.10 Å². The Labute approximate surface area is 203 Å². The molecule has 1 aromatic carbocycles. The molecule has 7 nitrogen and oxygen atoms in total. The Bertz CT molecular complexity index is 1280. The third-order valence-electron chi connectivity index (χ3n) is 7.64. The zero-order chi connectivity index (χ0) is 23.1. The van der Waals surface area contributed by atoms with Crippen LogP contribution in [0.5, 0.6) is 5.75 Å². The molecule has 0 radical (unpaired) electrons. The molecule has 0 spiro atoms. The zero-order valence-electron chi connectivity index (χ0n) is 19.4. The quantitative estimate of drug-likeness (QED) is 0.538. The minimum Gasteiger partial charge on any atom is -0.495 e. The lowest BCUT2D eigenvalue weighted by Gasteiger charge is -2.41. The van der Waals surface area contributed by atoms with E-state index in [4.69, 9.17) is 4.74 Å². The number of pyridine rings is 1. The van der Waals surface area contributed by atoms with Crippen LogP contribution < -0.4 is 19.8 Å². The average molecular weight is 478 g/mol. The van der Waals surface area contributed by atoms with Gasteiger partial charge in [0.1, 0.15) is 5.75 Å². The van der Waals surface area contributed by atoms with Crippen LogP contribution in [0.1, 0.15) is 37.4 Å². The summed E-state index contributed by atoms with van der Waals surface area (Å²) in [6, 6.07) is 9.54. The Morgan fingerprint density at radius 1 is 1.24 bits per heavy atom. The number of aliphatic hydroxyl groups excluding tert-OH is 1. The average Bonchev–Trinajstić information content (AvgIpc) is 3.42. The van der Waals surface area contributed by atoms with Gasteiger partial charge in [0.05, 0.1) is 36.1 Å². The second kappa shape index (κ2) is 9.26. The molecule has 0 aliphatic carbocycles. The van der Waals surface area contributed by atoms with Crippen LogP contribution in [0.25, 0.3) is 23.2 Å². The molecule has 3 aliphatic heterocycles. The van der Waals surface area contributed by atoms with Crippen LogP contribution >= 0.6 is 11.5 Å². The molecule has 3 aliphatic rings. The maximum Gasteiger partial charge on any atom is 0.137 e. The fraction of sp³-hybridized carbons (Fsp3) is 0.462. The summed E-state index contributed by atoms with van der Waals surface area (Å²) in [5.74, 6) is 0.717. The third kappa shape index (κ3) is 4.20. The van der Waals surface area contributed by atoms with Gasteiger partial charge in [0, 0.05) is 54.2 Å². The number of aliphatic hydroxyl groups is 1. The summed E-state index contributed by atoms with van der Waals surface area (Å²) in [5.41, 5.74) is 1.82. The second-order valence-electron chi connectivity index (χ2n) is 9.67. The van der Waals surface area contributed by atoms with Crippen molar-refractivity contribution in [3.05, 3.63) is 52.0 Å². The third-order valence-corrected chi connectivity index (χ3v) is 8.45. The Hall–Kier alpha value is -2.52. The van der Waals surface area contributed by atoms with E-state index in [1.807, 2.05) is 30.5 Å². The van der Waals surface area contributed by atoms with E-state index in [0.29, 0.717) is 30.4 Å². The van der Waals surface area contributed by atoms with Crippen molar-refractivity contribution in [1.29, 1.82) is 0 Å². The molecule has 2 N–H and O–H groups in total. The lowest BCUT2D eigenvalue weighted by molar-refractivity contribution is 0.0511. The molecule has 2 saturated heterocycles. The number of aromatic nitrogens is 2. The Morgan fingerprint density at radius 3 is 2.91 bits per heavy atom. The lowest BCUT2D eigenvalue weighted by atomic mass is 9.95. The van der Waals surface area contributed by atoms with Crippen LogP contribution in [0, 0.1) is 0 Å². The van der Waals surface area contributed by atoms with Gasteiger partial charge < -0.3 is 14.7 Å². The van der Waals surface area contributed by atoms with Gasteiger partial charge in [0.2, 0.25) is 0 Å². The zero-order valence-corrected chi connectivity index (χ0v) is 20.2. The van der Waals surface area contributed by atoms with Crippen molar-refractivity contribution in [2.75, 3.05) is 26.9 Å². The fourth-order valence-corrected chi connectivity index (χ4v) is 6.55. The molecule has 2 bridgehead atoms. The first-order valence-corrected chi connectivity index (χ1v) is 12.9. The van der Waals surface area contributed by atoms with Crippen LogP contribution in [0.4, 0.5) is 0 Å². The van der Waals surface area contributed by atoms with E-state index in [9.17, 15) is 5.11 Å². The van der Waals surface area contributed by atoms with Crippen molar-refractivity contribution in [3.8, 4) is 5.75 Å². The topological polar surface area (TPSA) is 73.8 Å². The number of fused-ring (bicyclic) bond motifs is 4. The summed E-state index contributed by atoms with van der Waals surface area (Å²) < 4.78 is 10.9. The van der Waals surface area contributed by atoms with Gasteiger partial charge >= 0.3 is 0 Å². The number of benzene rings is 1. The van der Waals surface area contributed by atoms with Gasteiger partial charge in [-0.1, -0.05) is 12.1 Å². The summed E-state index contributed by atoms with van der Waals surface area (Å²) in [7, 11) is 1.65. The number of ether oxygens (including phenoxy) is 1. The minimum absolute atomic E-state index is 0.521. The van der Waals surface area contributed by atoms with E-state index in [2.05, 4.69) is 36.8 Å². The number of piperidine rings is 1. The Balaban J connectivity index is 1.10. The minimum atomic E-state index is -0.544. The van der Waals surface area contributed by atoms with E-state index in [-0.39, 0.29) is 0 Å². The summed E-state index contributed by atoms with van der Waals surface area (Å²) in [6.45, 7) is 2.47. The number of hydrogen-bond acceptors (Lipinski definition) is 8. The first kappa shape index (κ1) is 22.0. The summed E-state index contributed by atoms with van der Waals surface area (Å²) in [6.07, 6.45) is 12.3. The highest BCUT2D eigenvalue weighted by Crippen LogP contribution is 2.38. The monoisotopic (exact) mass is 477 g/mol. The van der Waals surface area contributed by atoms with Gasteiger partial charge in [-0.15, -0.1) is 0 Å². The van der Waals surface area contributed by atoms with Crippen LogP contribution in [-0.2, 0) is 0 Å².